The van der Waals surface area contributed by atoms with Gasteiger partial charge in [0.25, 0.3) is 5.69 Å². The summed E-state index contributed by atoms with van der Waals surface area (Å²) in [4.78, 5) is 22.7. The van der Waals surface area contributed by atoms with Crippen LogP contribution in [-0.4, -0.2) is 10.8 Å². The molecule has 0 fully saturated rings. The highest BCUT2D eigenvalue weighted by Gasteiger charge is 2.18. The molecule has 0 aliphatic rings. The Labute approximate surface area is 129 Å². The Morgan fingerprint density at radius 3 is 2.41 bits per heavy atom. The van der Waals surface area contributed by atoms with Crippen molar-refractivity contribution in [3.8, 4) is 0 Å². The molecule has 0 saturated carbocycles. The fourth-order valence-electron chi connectivity index (χ4n) is 2.36. The molecule has 0 spiro atoms. The number of nitrogens with one attached hydrogen (secondary N) is 1. The first-order chi connectivity index (χ1) is 10.6. The third-order valence-electron chi connectivity index (χ3n) is 3.48. The van der Waals surface area contributed by atoms with E-state index < -0.39 is 4.92 Å². The molecule has 1 amide bonds. The molecule has 22 heavy (non-hydrogen) atoms. The number of amides is 1. The van der Waals surface area contributed by atoms with Gasteiger partial charge in [0.2, 0.25) is 5.91 Å². The summed E-state index contributed by atoms with van der Waals surface area (Å²) < 4.78 is 0. The molecular weight excluding hydrogens is 280 g/mol. The lowest BCUT2D eigenvalue weighted by molar-refractivity contribution is -0.385. The van der Waals surface area contributed by atoms with Crippen molar-refractivity contribution in [3.05, 3.63) is 75.8 Å². The van der Waals surface area contributed by atoms with E-state index in [9.17, 15) is 14.9 Å². The third kappa shape index (κ3) is 3.91. The van der Waals surface area contributed by atoms with E-state index in [-0.39, 0.29) is 24.1 Å². The normalized spacial score (nSPS) is 11.7. The molecule has 1 atom stereocenters. The number of rotatable bonds is 6. The van der Waals surface area contributed by atoms with E-state index in [4.69, 9.17) is 0 Å². The van der Waals surface area contributed by atoms with Crippen LogP contribution in [0.4, 0.5) is 5.69 Å². The quantitative estimate of drug-likeness (QED) is 0.656. The zero-order valence-electron chi connectivity index (χ0n) is 12.4. The first-order valence-electron chi connectivity index (χ1n) is 7.18. The minimum Gasteiger partial charge on any atom is -0.349 e. The van der Waals surface area contributed by atoms with E-state index in [1.54, 1.807) is 18.2 Å². The highest BCUT2D eigenvalue weighted by atomic mass is 16.6. The largest absolute Gasteiger partial charge is 0.349 e. The maximum Gasteiger partial charge on any atom is 0.273 e. The second kappa shape index (κ2) is 7.36. The Morgan fingerprint density at radius 1 is 1.14 bits per heavy atom. The van der Waals surface area contributed by atoms with Crippen molar-refractivity contribution in [2.75, 3.05) is 0 Å². The van der Waals surface area contributed by atoms with Gasteiger partial charge in [0.15, 0.2) is 0 Å². The summed E-state index contributed by atoms with van der Waals surface area (Å²) in [6.07, 6.45) is 0.757. The van der Waals surface area contributed by atoms with Crippen LogP contribution >= 0.6 is 0 Å². The van der Waals surface area contributed by atoms with Gasteiger partial charge >= 0.3 is 0 Å². The highest BCUT2D eigenvalue weighted by molar-refractivity contribution is 5.80. The number of carbonyl (C=O) groups excluding carboxylic acids is 1. The fourth-order valence-corrected chi connectivity index (χ4v) is 2.36. The topological polar surface area (TPSA) is 72.2 Å². The first kappa shape index (κ1) is 15.7. The molecular formula is C17H18N2O3. The van der Waals surface area contributed by atoms with E-state index >= 15 is 0 Å². The fraction of sp³-hybridized carbons (Fsp3) is 0.235. The second-order valence-electron chi connectivity index (χ2n) is 5.00. The molecule has 1 N–H and O–H groups in total. The minimum atomic E-state index is -0.461. The molecule has 0 radical (unpaired) electrons. The van der Waals surface area contributed by atoms with Gasteiger partial charge in [0.1, 0.15) is 0 Å². The summed E-state index contributed by atoms with van der Waals surface area (Å²) in [6, 6.07) is 15.9. The number of nitrogens with zero attached hydrogens (tertiary/aromatic N) is 1. The molecule has 2 aromatic carbocycles. The maximum absolute atomic E-state index is 12.2. The summed E-state index contributed by atoms with van der Waals surface area (Å²) in [6.45, 7) is 1.99. The minimum absolute atomic E-state index is 0.000483. The van der Waals surface area contributed by atoms with Crippen LogP contribution in [0.1, 0.15) is 30.5 Å². The monoisotopic (exact) mass is 298 g/mol. The van der Waals surface area contributed by atoms with Crippen molar-refractivity contribution in [2.24, 2.45) is 0 Å². The van der Waals surface area contributed by atoms with Crippen molar-refractivity contribution in [1.29, 1.82) is 0 Å². The number of para-hydroxylation sites is 1. The molecule has 2 aromatic rings. The van der Waals surface area contributed by atoms with Gasteiger partial charge in [-0.2, -0.15) is 0 Å². The van der Waals surface area contributed by atoms with Crippen molar-refractivity contribution in [3.63, 3.8) is 0 Å². The van der Waals surface area contributed by atoms with E-state index in [1.165, 1.54) is 6.07 Å². The number of nitro benzene ring substituents is 1. The summed E-state index contributed by atoms with van der Waals surface area (Å²) in [5.74, 6) is -0.218. The number of hydrogen-bond acceptors (Lipinski definition) is 3. The molecule has 0 saturated heterocycles. The van der Waals surface area contributed by atoms with Crippen LogP contribution in [0.2, 0.25) is 0 Å². The van der Waals surface area contributed by atoms with E-state index in [1.807, 2.05) is 37.3 Å². The average Bonchev–Trinajstić information content (AvgIpc) is 2.53. The Bertz CT molecular complexity index is 656. The Morgan fingerprint density at radius 2 is 1.77 bits per heavy atom. The smallest absolute Gasteiger partial charge is 0.273 e. The molecule has 5 nitrogen and oxygen atoms in total. The standard InChI is InChI=1S/C17H18N2O3/c1-2-15(13-8-4-3-5-9-13)18-17(20)12-14-10-6-7-11-16(14)19(21)22/h3-11,15H,2,12H2,1H3,(H,18,20)/t15-/m1/s1. The van der Waals surface area contributed by atoms with Gasteiger partial charge < -0.3 is 5.32 Å². The predicted molar refractivity (Wildman–Crippen MR) is 84.4 cm³/mol. The van der Waals surface area contributed by atoms with Crippen LogP contribution in [0.3, 0.4) is 0 Å². The van der Waals surface area contributed by atoms with Crippen molar-refractivity contribution in [1.82, 2.24) is 5.32 Å². The van der Waals surface area contributed by atoms with E-state index in [2.05, 4.69) is 5.32 Å². The number of carbonyl (C=O) groups is 1. The molecule has 2 rings (SSSR count). The van der Waals surface area contributed by atoms with Gasteiger partial charge in [-0.05, 0) is 12.0 Å². The summed E-state index contributed by atoms with van der Waals surface area (Å²) in [5.41, 5.74) is 1.43. The predicted octanol–water partition coefficient (Wildman–Crippen LogP) is 3.40. The van der Waals surface area contributed by atoms with Crippen molar-refractivity contribution >= 4 is 11.6 Å². The number of nitro groups is 1. The Hall–Kier alpha value is -2.69. The van der Waals surface area contributed by atoms with Crippen molar-refractivity contribution in [2.45, 2.75) is 25.8 Å². The van der Waals surface area contributed by atoms with Gasteiger partial charge in [-0.15, -0.1) is 0 Å². The lowest BCUT2D eigenvalue weighted by atomic mass is 10.0. The van der Waals surface area contributed by atoms with Crippen molar-refractivity contribution < 1.29 is 9.72 Å². The Kier molecular flexibility index (Phi) is 5.25. The number of hydrogen-bond donors (Lipinski definition) is 1. The first-order valence-corrected chi connectivity index (χ1v) is 7.18. The molecule has 0 aliphatic carbocycles. The van der Waals surface area contributed by atoms with Gasteiger partial charge in [-0.3, -0.25) is 14.9 Å². The molecule has 0 unspecified atom stereocenters. The second-order valence-corrected chi connectivity index (χ2v) is 5.00. The molecule has 0 heterocycles. The summed E-state index contributed by atoms with van der Waals surface area (Å²) in [7, 11) is 0. The van der Waals surface area contributed by atoms with Gasteiger partial charge in [0, 0.05) is 11.6 Å². The van der Waals surface area contributed by atoms with Crippen LogP contribution in [0.15, 0.2) is 54.6 Å². The Balaban J connectivity index is 2.08. The average molecular weight is 298 g/mol. The van der Waals surface area contributed by atoms with Gasteiger partial charge in [0.05, 0.1) is 17.4 Å². The molecule has 114 valence electrons. The third-order valence-corrected chi connectivity index (χ3v) is 3.48. The van der Waals surface area contributed by atoms with Crippen LogP contribution < -0.4 is 5.32 Å². The SMILES string of the molecule is CC[C@@H](NC(=O)Cc1ccccc1[N+](=O)[O-])c1ccccc1. The number of benzene rings is 2. The zero-order valence-corrected chi connectivity index (χ0v) is 12.4. The van der Waals surface area contributed by atoms with Crippen LogP contribution in [0, 0.1) is 10.1 Å². The highest BCUT2D eigenvalue weighted by Crippen LogP contribution is 2.20. The van der Waals surface area contributed by atoms with Crippen LogP contribution in [-0.2, 0) is 11.2 Å². The molecule has 0 aliphatic heterocycles. The molecule has 0 bridgehead atoms. The van der Waals surface area contributed by atoms with Gasteiger partial charge in [-0.1, -0.05) is 55.5 Å². The molecule has 5 heteroatoms. The van der Waals surface area contributed by atoms with Crippen LogP contribution in [0.25, 0.3) is 0 Å². The van der Waals surface area contributed by atoms with E-state index in [0.717, 1.165) is 12.0 Å². The van der Waals surface area contributed by atoms with E-state index in [0.29, 0.717) is 5.56 Å². The summed E-state index contributed by atoms with van der Waals surface area (Å²) >= 11 is 0. The zero-order chi connectivity index (χ0) is 15.9. The van der Waals surface area contributed by atoms with Crippen LogP contribution in [0.5, 0.6) is 0 Å². The molecule has 0 aromatic heterocycles. The maximum atomic E-state index is 12.2. The lowest BCUT2D eigenvalue weighted by Gasteiger charge is -2.17. The summed E-state index contributed by atoms with van der Waals surface area (Å²) in [5, 5.41) is 13.9. The van der Waals surface area contributed by atoms with Gasteiger partial charge in [-0.25, -0.2) is 0 Å². The lowest BCUT2D eigenvalue weighted by Crippen LogP contribution is -2.29.